The number of amides is 3. The van der Waals surface area contributed by atoms with E-state index in [2.05, 4.69) is 10.4 Å². The molecule has 2 aromatic heterocycles. The van der Waals surface area contributed by atoms with Crippen LogP contribution in [-0.4, -0.2) is 49.6 Å². The summed E-state index contributed by atoms with van der Waals surface area (Å²) < 4.78 is 44.6. The summed E-state index contributed by atoms with van der Waals surface area (Å²) in [6, 6.07) is 13.6. The summed E-state index contributed by atoms with van der Waals surface area (Å²) in [6.07, 6.45) is -1.67. The van der Waals surface area contributed by atoms with Crippen LogP contribution >= 0.6 is 0 Å². The number of aromatic nitrogens is 3. The standard InChI is InChI=1S/C28H24F3N5O3/c1-34-16-18(14-24(34)23-11-12-33-35(23)2)25(37)32-15-19(13-17-7-3-6-10-22(17)28(29,30)31)36-26(38)20-8-4-5-9-21(20)27(36)39/h3-12,14,16,19H,13,15H2,1-2H3,(H,32,37). The number of carbonyl (C=O) groups excluding carboxylic acids is 3. The molecule has 11 heteroatoms. The summed E-state index contributed by atoms with van der Waals surface area (Å²) in [4.78, 5) is 40.5. The SMILES string of the molecule is Cn1cc(C(=O)NCC(Cc2ccccc2C(F)(F)F)N2C(=O)c3ccccc3C2=O)cc1-c1ccnn1C. The van der Waals surface area contributed by atoms with Crippen molar-refractivity contribution in [2.45, 2.75) is 18.6 Å². The van der Waals surface area contributed by atoms with Gasteiger partial charge in [-0.3, -0.25) is 24.0 Å². The minimum atomic E-state index is -4.63. The maximum absolute atomic E-state index is 13.7. The van der Waals surface area contributed by atoms with Gasteiger partial charge in [0.15, 0.2) is 0 Å². The van der Waals surface area contributed by atoms with Crippen molar-refractivity contribution in [2.24, 2.45) is 14.1 Å². The Balaban J connectivity index is 1.44. The van der Waals surface area contributed by atoms with Gasteiger partial charge >= 0.3 is 6.18 Å². The van der Waals surface area contributed by atoms with Gasteiger partial charge in [0.2, 0.25) is 0 Å². The lowest BCUT2D eigenvalue weighted by atomic mass is 9.98. The quantitative estimate of drug-likeness (QED) is 0.361. The minimum absolute atomic E-state index is 0.0842. The highest BCUT2D eigenvalue weighted by Crippen LogP contribution is 2.34. The van der Waals surface area contributed by atoms with Gasteiger partial charge in [-0.25, -0.2) is 0 Å². The van der Waals surface area contributed by atoms with Crippen molar-refractivity contribution in [3.63, 3.8) is 0 Å². The number of hydrogen-bond acceptors (Lipinski definition) is 4. The molecule has 200 valence electrons. The van der Waals surface area contributed by atoms with Crippen molar-refractivity contribution >= 4 is 17.7 Å². The molecule has 1 aliphatic heterocycles. The molecule has 0 fully saturated rings. The normalized spacial score (nSPS) is 14.0. The molecule has 4 aromatic rings. The van der Waals surface area contributed by atoms with E-state index < -0.39 is 35.5 Å². The molecule has 0 saturated carbocycles. The van der Waals surface area contributed by atoms with Gasteiger partial charge in [-0.15, -0.1) is 0 Å². The van der Waals surface area contributed by atoms with E-state index in [0.717, 1.165) is 22.4 Å². The third-order valence-electron chi connectivity index (χ3n) is 6.82. The Kier molecular flexibility index (Phi) is 6.59. The second kappa shape index (κ2) is 9.90. The van der Waals surface area contributed by atoms with Crippen molar-refractivity contribution in [2.75, 3.05) is 6.54 Å². The number of carbonyl (C=O) groups is 3. The average Bonchev–Trinajstić information content (AvgIpc) is 3.57. The highest BCUT2D eigenvalue weighted by atomic mass is 19.4. The van der Waals surface area contributed by atoms with Gasteiger partial charge in [0.1, 0.15) is 0 Å². The van der Waals surface area contributed by atoms with Crippen LogP contribution in [0, 0.1) is 0 Å². The molecule has 1 aliphatic rings. The number of rotatable bonds is 7. The molecular formula is C28H24F3N5O3. The maximum Gasteiger partial charge on any atom is 0.416 e. The minimum Gasteiger partial charge on any atom is -0.350 e. The topological polar surface area (TPSA) is 89.2 Å². The molecule has 3 amide bonds. The monoisotopic (exact) mass is 535 g/mol. The Hall–Kier alpha value is -4.67. The van der Waals surface area contributed by atoms with Crippen LogP contribution in [0.15, 0.2) is 73.1 Å². The molecule has 39 heavy (non-hydrogen) atoms. The van der Waals surface area contributed by atoms with E-state index in [1.54, 1.807) is 60.0 Å². The number of nitrogens with one attached hydrogen (secondary N) is 1. The molecule has 0 aliphatic carbocycles. The van der Waals surface area contributed by atoms with Gasteiger partial charge in [0, 0.05) is 33.0 Å². The van der Waals surface area contributed by atoms with Crippen molar-refractivity contribution in [1.29, 1.82) is 0 Å². The zero-order valence-corrected chi connectivity index (χ0v) is 21.1. The Morgan fingerprint density at radius 2 is 1.59 bits per heavy atom. The molecule has 0 saturated heterocycles. The second-order valence-corrected chi connectivity index (χ2v) is 9.31. The molecule has 2 aromatic carbocycles. The van der Waals surface area contributed by atoms with Crippen molar-refractivity contribution in [1.82, 2.24) is 24.6 Å². The summed E-state index contributed by atoms with van der Waals surface area (Å²) >= 11 is 0. The van der Waals surface area contributed by atoms with E-state index in [1.807, 2.05) is 0 Å². The van der Waals surface area contributed by atoms with Gasteiger partial charge in [0.25, 0.3) is 17.7 Å². The first-order chi connectivity index (χ1) is 18.6. The highest BCUT2D eigenvalue weighted by Gasteiger charge is 2.41. The highest BCUT2D eigenvalue weighted by molar-refractivity contribution is 6.21. The van der Waals surface area contributed by atoms with Gasteiger partial charge in [-0.2, -0.15) is 18.3 Å². The molecule has 1 unspecified atom stereocenters. The molecule has 0 bridgehead atoms. The van der Waals surface area contributed by atoms with Gasteiger partial charge < -0.3 is 9.88 Å². The fourth-order valence-electron chi connectivity index (χ4n) is 4.90. The third-order valence-corrected chi connectivity index (χ3v) is 6.82. The lowest BCUT2D eigenvalue weighted by Crippen LogP contribution is -2.48. The smallest absolute Gasteiger partial charge is 0.350 e. The van der Waals surface area contributed by atoms with E-state index in [0.29, 0.717) is 5.56 Å². The number of aryl methyl sites for hydroxylation is 2. The van der Waals surface area contributed by atoms with Crippen LogP contribution in [0.2, 0.25) is 0 Å². The summed E-state index contributed by atoms with van der Waals surface area (Å²) in [6.45, 7) is -0.244. The number of benzene rings is 2. The van der Waals surface area contributed by atoms with Gasteiger partial charge in [-0.1, -0.05) is 30.3 Å². The first-order valence-corrected chi connectivity index (χ1v) is 12.1. The molecule has 8 nitrogen and oxygen atoms in total. The Labute approximate surface area is 221 Å². The number of nitrogens with zero attached hydrogens (tertiary/aromatic N) is 4. The molecular weight excluding hydrogens is 511 g/mol. The zero-order valence-electron chi connectivity index (χ0n) is 21.1. The predicted molar refractivity (Wildman–Crippen MR) is 136 cm³/mol. The van der Waals surface area contributed by atoms with E-state index in [9.17, 15) is 27.6 Å². The fraction of sp³-hybridized carbons (Fsp3) is 0.214. The summed E-state index contributed by atoms with van der Waals surface area (Å²) in [7, 11) is 3.54. The van der Waals surface area contributed by atoms with Crippen LogP contribution in [0.1, 0.15) is 42.2 Å². The van der Waals surface area contributed by atoms with E-state index in [-0.39, 0.29) is 29.7 Å². The summed E-state index contributed by atoms with van der Waals surface area (Å²) in [5, 5.41) is 6.86. The Morgan fingerprint density at radius 1 is 0.949 bits per heavy atom. The number of halogens is 3. The largest absolute Gasteiger partial charge is 0.416 e. The second-order valence-electron chi connectivity index (χ2n) is 9.31. The van der Waals surface area contributed by atoms with Gasteiger partial charge in [-0.05, 0) is 42.3 Å². The number of alkyl halides is 3. The van der Waals surface area contributed by atoms with Crippen molar-refractivity contribution in [3.8, 4) is 11.4 Å². The average molecular weight is 536 g/mol. The van der Waals surface area contributed by atoms with Crippen LogP contribution < -0.4 is 5.32 Å². The molecule has 5 rings (SSSR count). The van der Waals surface area contributed by atoms with Crippen LogP contribution in [0.5, 0.6) is 0 Å². The first-order valence-electron chi connectivity index (χ1n) is 12.1. The van der Waals surface area contributed by atoms with Crippen LogP contribution in [-0.2, 0) is 26.7 Å². The maximum atomic E-state index is 13.7. The molecule has 3 heterocycles. The fourth-order valence-corrected chi connectivity index (χ4v) is 4.90. The molecule has 0 spiro atoms. The van der Waals surface area contributed by atoms with Crippen LogP contribution in [0.4, 0.5) is 13.2 Å². The van der Waals surface area contributed by atoms with Gasteiger partial charge in [0.05, 0.1) is 39.7 Å². The van der Waals surface area contributed by atoms with Crippen LogP contribution in [0.25, 0.3) is 11.4 Å². The summed E-state index contributed by atoms with van der Waals surface area (Å²) in [5.41, 5.74) is 1.23. The van der Waals surface area contributed by atoms with E-state index in [1.165, 1.54) is 30.3 Å². The Morgan fingerprint density at radius 3 is 2.21 bits per heavy atom. The predicted octanol–water partition coefficient (Wildman–Crippen LogP) is 4.08. The first kappa shape index (κ1) is 26.0. The summed E-state index contributed by atoms with van der Waals surface area (Å²) in [5.74, 6) is -1.72. The molecule has 0 radical (unpaired) electrons. The number of imide groups is 1. The molecule has 1 N–H and O–H groups in total. The van der Waals surface area contributed by atoms with Crippen LogP contribution in [0.3, 0.4) is 0 Å². The lowest BCUT2D eigenvalue weighted by Gasteiger charge is -2.27. The number of hydrogen-bond donors (Lipinski definition) is 1. The number of fused-ring (bicyclic) bond motifs is 1. The van der Waals surface area contributed by atoms with Crippen molar-refractivity contribution < 1.29 is 27.6 Å². The lowest BCUT2D eigenvalue weighted by molar-refractivity contribution is -0.138. The zero-order chi connectivity index (χ0) is 27.9. The molecule has 1 atom stereocenters. The Bertz CT molecular complexity index is 1550. The van der Waals surface area contributed by atoms with E-state index >= 15 is 0 Å². The van der Waals surface area contributed by atoms with E-state index in [4.69, 9.17) is 0 Å². The third kappa shape index (κ3) is 4.83. The van der Waals surface area contributed by atoms with Crippen molar-refractivity contribution in [3.05, 3.63) is 101 Å².